The van der Waals surface area contributed by atoms with Crippen molar-refractivity contribution in [1.29, 1.82) is 0 Å². The minimum Gasteiger partial charge on any atom is -0.504 e. The standard InChI is InChI=1S/C15H21NO3/c16-15(7-2-1-3-8-15)11-5-6-12-14(13(11)17)19-10-4-9-18-12/h5-6,17H,1-4,7-10,16H2. The van der Waals surface area contributed by atoms with Gasteiger partial charge in [0.25, 0.3) is 0 Å². The number of ether oxygens (including phenoxy) is 2. The van der Waals surface area contributed by atoms with Crippen LogP contribution in [0.5, 0.6) is 17.2 Å². The van der Waals surface area contributed by atoms with Gasteiger partial charge in [-0.25, -0.2) is 0 Å². The second kappa shape index (κ2) is 4.93. The van der Waals surface area contributed by atoms with Crippen molar-refractivity contribution in [2.75, 3.05) is 13.2 Å². The Hall–Kier alpha value is -1.42. The predicted molar refractivity (Wildman–Crippen MR) is 72.7 cm³/mol. The maximum Gasteiger partial charge on any atom is 0.203 e. The molecule has 19 heavy (non-hydrogen) atoms. The highest BCUT2D eigenvalue weighted by Gasteiger charge is 2.34. The van der Waals surface area contributed by atoms with Crippen LogP contribution < -0.4 is 15.2 Å². The second-order valence-corrected chi connectivity index (χ2v) is 5.56. The monoisotopic (exact) mass is 263 g/mol. The maximum atomic E-state index is 10.5. The molecule has 1 saturated carbocycles. The van der Waals surface area contributed by atoms with Crippen LogP contribution in [0.3, 0.4) is 0 Å². The lowest BCUT2D eigenvalue weighted by Crippen LogP contribution is -2.38. The summed E-state index contributed by atoms with van der Waals surface area (Å²) in [6.45, 7) is 1.20. The third kappa shape index (κ3) is 2.25. The van der Waals surface area contributed by atoms with E-state index in [1.54, 1.807) is 0 Å². The summed E-state index contributed by atoms with van der Waals surface area (Å²) in [6, 6.07) is 3.77. The number of benzene rings is 1. The van der Waals surface area contributed by atoms with Crippen molar-refractivity contribution >= 4 is 0 Å². The molecule has 4 nitrogen and oxygen atoms in total. The van der Waals surface area contributed by atoms with Crippen LogP contribution in [0.4, 0.5) is 0 Å². The zero-order valence-electron chi connectivity index (χ0n) is 11.2. The van der Waals surface area contributed by atoms with Crippen LogP contribution in [-0.2, 0) is 5.54 Å². The molecule has 0 radical (unpaired) electrons. The molecule has 0 amide bonds. The Kier molecular flexibility index (Phi) is 3.27. The normalized spacial score (nSPS) is 21.7. The molecule has 1 aliphatic carbocycles. The first-order chi connectivity index (χ1) is 9.21. The first-order valence-corrected chi connectivity index (χ1v) is 7.12. The van der Waals surface area contributed by atoms with Gasteiger partial charge in [0.15, 0.2) is 11.5 Å². The fourth-order valence-electron chi connectivity index (χ4n) is 3.07. The lowest BCUT2D eigenvalue weighted by atomic mass is 9.77. The lowest BCUT2D eigenvalue weighted by molar-refractivity contribution is 0.275. The fraction of sp³-hybridized carbons (Fsp3) is 0.600. The first-order valence-electron chi connectivity index (χ1n) is 7.12. The van der Waals surface area contributed by atoms with E-state index in [0.717, 1.165) is 37.7 Å². The van der Waals surface area contributed by atoms with Gasteiger partial charge in [-0.05, 0) is 25.0 Å². The molecule has 0 aromatic heterocycles. The molecule has 0 bridgehead atoms. The Morgan fingerprint density at radius 1 is 1.00 bits per heavy atom. The molecule has 1 fully saturated rings. The number of rotatable bonds is 1. The molecule has 0 spiro atoms. The van der Waals surface area contributed by atoms with Gasteiger partial charge in [0.05, 0.1) is 13.2 Å². The van der Waals surface area contributed by atoms with Gasteiger partial charge in [-0.15, -0.1) is 0 Å². The highest BCUT2D eigenvalue weighted by Crippen LogP contribution is 2.47. The molecule has 4 heteroatoms. The summed E-state index contributed by atoms with van der Waals surface area (Å²) in [5.41, 5.74) is 6.88. The van der Waals surface area contributed by atoms with Gasteiger partial charge >= 0.3 is 0 Å². The molecule has 3 N–H and O–H groups in total. The minimum atomic E-state index is -0.424. The zero-order valence-corrected chi connectivity index (χ0v) is 11.2. The average Bonchev–Trinajstić information content (AvgIpc) is 2.65. The molecule has 1 heterocycles. The molecule has 0 unspecified atom stereocenters. The Morgan fingerprint density at radius 2 is 1.74 bits per heavy atom. The van der Waals surface area contributed by atoms with Crippen LogP contribution in [-0.4, -0.2) is 18.3 Å². The van der Waals surface area contributed by atoms with E-state index < -0.39 is 5.54 Å². The second-order valence-electron chi connectivity index (χ2n) is 5.56. The van der Waals surface area contributed by atoms with Gasteiger partial charge in [0, 0.05) is 17.5 Å². The van der Waals surface area contributed by atoms with Gasteiger partial charge in [-0.3, -0.25) is 0 Å². The van der Waals surface area contributed by atoms with E-state index in [0.29, 0.717) is 24.7 Å². The van der Waals surface area contributed by atoms with Gasteiger partial charge in [-0.2, -0.15) is 0 Å². The zero-order chi connectivity index (χ0) is 13.3. The summed E-state index contributed by atoms with van der Waals surface area (Å²) in [5, 5.41) is 10.5. The highest BCUT2D eigenvalue weighted by molar-refractivity contribution is 5.57. The van der Waals surface area contributed by atoms with Gasteiger partial charge in [0.1, 0.15) is 0 Å². The Bertz CT molecular complexity index is 467. The Morgan fingerprint density at radius 3 is 2.53 bits per heavy atom. The molecule has 1 aliphatic heterocycles. The van der Waals surface area contributed by atoms with Crippen molar-refractivity contribution in [2.24, 2.45) is 5.73 Å². The summed E-state index contributed by atoms with van der Waals surface area (Å²) < 4.78 is 11.2. The van der Waals surface area contributed by atoms with Crippen molar-refractivity contribution in [3.63, 3.8) is 0 Å². The summed E-state index contributed by atoms with van der Waals surface area (Å²) >= 11 is 0. The van der Waals surface area contributed by atoms with Gasteiger partial charge in [-0.1, -0.05) is 19.3 Å². The molecule has 3 rings (SSSR count). The van der Waals surface area contributed by atoms with Crippen LogP contribution in [0.1, 0.15) is 44.1 Å². The molecular formula is C15H21NO3. The largest absolute Gasteiger partial charge is 0.504 e. The van der Waals surface area contributed by atoms with E-state index in [4.69, 9.17) is 15.2 Å². The summed E-state index contributed by atoms with van der Waals surface area (Å²) in [5.74, 6) is 1.26. The van der Waals surface area contributed by atoms with Gasteiger partial charge < -0.3 is 20.3 Å². The van der Waals surface area contributed by atoms with Crippen molar-refractivity contribution < 1.29 is 14.6 Å². The number of aromatic hydroxyl groups is 1. The molecule has 1 aromatic carbocycles. The van der Waals surface area contributed by atoms with E-state index >= 15 is 0 Å². The number of fused-ring (bicyclic) bond motifs is 1. The third-order valence-electron chi connectivity index (χ3n) is 4.17. The quantitative estimate of drug-likeness (QED) is 0.817. The number of hydrogen-bond donors (Lipinski definition) is 2. The molecule has 0 atom stereocenters. The average molecular weight is 263 g/mol. The van der Waals surface area contributed by atoms with Crippen LogP contribution in [0.15, 0.2) is 12.1 Å². The smallest absolute Gasteiger partial charge is 0.203 e. The summed E-state index contributed by atoms with van der Waals surface area (Å²) in [4.78, 5) is 0. The van der Waals surface area contributed by atoms with Crippen molar-refractivity contribution in [1.82, 2.24) is 0 Å². The van der Waals surface area contributed by atoms with E-state index in [2.05, 4.69) is 0 Å². The predicted octanol–water partition coefficient (Wildman–Crippen LogP) is 2.67. The number of phenolic OH excluding ortho intramolecular Hbond substituents is 1. The number of phenols is 1. The van der Waals surface area contributed by atoms with Crippen molar-refractivity contribution in [3.05, 3.63) is 17.7 Å². The SMILES string of the molecule is NC1(c2ccc3c(c2O)OCCCO3)CCCCC1. The fourth-order valence-corrected chi connectivity index (χ4v) is 3.07. The Balaban J connectivity index is 2.00. The molecule has 104 valence electrons. The highest BCUT2D eigenvalue weighted by atomic mass is 16.5. The van der Waals surface area contributed by atoms with Crippen molar-refractivity contribution in [2.45, 2.75) is 44.1 Å². The van der Waals surface area contributed by atoms with Gasteiger partial charge in [0.2, 0.25) is 5.75 Å². The van der Waals surface area contributed by atoms with E-state index in [9.17, 15) is 5.11 Å². The molecule has 0 saturated heterocycles. The van der Waals surface area contributed by atoms with Crippen molar-refractivity contribution in [3.8, 4) is 17.2 Å². The van der Waals surface area contributed by atoms with E-state index in [1.165, 1.54) is 6.42 Å². The Labute approximate surface area is 113 Å². The molecule has 2 aliphatic rings. The van der Waals surface area contributed by atoms with Crippen LogP contribution in [0.2, 0.25) is 0 Å². The van der Waals surface area contributed by atoms with E-state index in [1.807, 2.05) is 12.1 Å². The summed E-state index contributed by atoms with van der Waals surface area (Å²) in [7, 11) is 0. The maximum absolute atomic E-state index is 10.5. The van der Waals surface area contributed by atoms with E-state index in [-0.39, 0.29) is 5.75 Å². The summed E-state index contributed by atoms with van der Waals surface area (Å²) in [6.07, 6.45) is 6.12. The van der Waals surface area contributed by atoms with Crippen LogP contribution in [0.25, 0.3) is 0 Å². The first kappa shape index (κ1) is 12.6. The lowest BCUT2D eigenvalue weighted by Gasteiger charge is -2.34. The number of nitrogens with two attached hydrogens (primary N) is 1. The molecular weight excluding hydrogens is 242 g/mol. The number of hydrogen-bond acceptors (Lipinski definition) is 4. The van der Waals surface area contributed by atoms with Crippen LogP contribution >= 0.6 is 0 Å². The minimum absolute atomic E-state index is 0.170. The molecule has 1 aromatic rings. The third-order valence-corrected chi connectivity index (χ3v) is 4.17. The topological polar surface area (TPSA) is 64.7 Å². The van der Waals surface area contributed by atoms with Crippen LogP contribution in [0, 0.1) is 0 Å².